The molecular formula is C11H8FNO3. The summed E-state index contributed by atoms with van der Waals surface area (Å²) in [5.41, 5.74) is 0.375. The Morgan fingerprint density at radius 1 is 1.44 bits per heavy atom. The van der Waals surface area contributed by atoms with Gasteiger partial charge in [0.15, 0.2) is 0 Å². The minimum atomic E-state index is -0.984. The lowest BCUT2D eigenvalue weighted by atomic mass is 10.1. The highest BCUT2D eigenvalue weighted by atomic mass is 19.1. The second kappa shape index (κ2) is 5.03. The third-order valence-electron chi connectivity index (χ3n) is 1.86. The Morgan fingerprint density at radius 3 is 2.69 bits per heavy atom. The fourth-order valence-electron chi connectivity index (χ4n) is 1.19. The molecule has 0 amide bonds. The molecule has 1 aromatic carbocycles. The normalized spacial score (nSPS) is 9.31. The van der Waals surface area contributed by atoms with Crippen molar-refractivity contribution >= 4 is 11.8 Å². The summed E-state index contributed by atoms with van der Waals surface area (Å²) in [7, 11) is 1.09. The van der Waals surface area contributed by atoms with Crippen LogP contribution in [0.15, 0.2) is 18.2 Å². The molecule has 0 spiro atoms. The van der Waals surface area contributed by atoms with Crippen molar-refractivity contribution in [2.75, 3.05) is 7.11 Å². The van der Waals surface area contributed by atoms with Gasteiger partial charge in [-0.15, -0.1) is 0 Å². The van der Waals surface area contributed by atoms with Gasteiger partial charge in [-0.3, -0.25) is 4.79 Å². The van der Waals surface area contributed by atoms with Crippen LogP contribution in [0, 0.1) is 17.1 Å². The molecule has 0 unspecified atom stereocenters. The van der Waals surface area contributed by atoms with Crippen molar-refractivity contribution in [1.82, 2.24) is 0 Å². The van der Waals surface area contributed by atoms with Gasteiger partial charge in [0.25, 0.3) is 0 Å². The van der Waals surface area contributed by atoms with Gasteiger partial charge >= 0.3 is 5.97 Å². The van der Waals surface area contributed by atoms with E-state index in [9.17, 15) is 14.0 Å². The molecule has 82 valence electrons. The highest BCUT2D eigenvalue weighted by Crippen LogP contribution is 2.09. The number of halogens is 1. The Balaban J connectivity index is 2.90. The van der Waals surface area contributed by atoms with Crippen molar-refractivity contribution < 1.29 is 18.7 Å². The van der Waals surface area contributed by atoms with Crippen molar-refractivity contribution in [3.8, 4) is 6.07 Å². The number of ketones is 1. The zero-order valence-corrected chi connectivity index (χ0v) is 8.49. The van der Waals surface area contributed by atoms with E-state index in [1.807, 2.05) is 0 Å². The minimum absolute atomic E-state index is 0.104. The number of nitrogens with zero attached hydrogens (tertiary/aromatic N) is 1. The van der Waals surface area contributed by atoms with E-state index in [1.165, 1.54) is 6.07 Å². The number of esters is 1. The SMILES string of the molecule is COC(=O)C(=O)Cc1cc(F)cc(C#N)c1. The van der Waals surface area contributed by atoms with Crippen LogP contribution in [-0.2, 0) is 20.7 Å². The molecule has 0 atom stereocenters. The fraction of sp³-hybridized carbons (Fsp3) is 0.182. The third kappa shape index (κ3) is 2.89. The van der Waals surface area contributed by atoms with Gasteiger partial charge in [-0.05, 0) is 23.8 Å². The molecule has 16 heavy (non-hydrogen) atoms. The molecule has 0 aliphatic rings. The summed E-state index contributed by atoms with van der Waals surface area (Å²) in [6.07, 6.45) is -0.279. The molecule has 0 radical (unpaired) electrons. The molecule has 0 heterocycles. The highest BCUT2D eigenvalue weighted by molar-refractivity contribution is 6.34. The summed E-state index contributed by atoms with van der Waals surface area (Å²) in [6.45, 7) is 0. The lowest BCUT2D eigenvalue weighted by Gasteiger charge is -2.00. The molecule has 0 bridgehead atoms. The summed E-state index contributed by atoms with van der Waals surface area (Å²) < 4.78 is 17.2. The van der Waals surface area contributed by atoms with Gasteiger partial charge in [0, 0.05) is 6.42 Å². The first-order chi connectivity index (χ1) is 7.56. The van der Waals surface area contributed by atoms with Crippen LogP contribution in [-0.4, -0.2) is 18.9 Å². The third-order valence-corrected chi connectivity index (χ3v) is 1.86. The van der Waals surface area contributed by atoms with Crippen LogP contribution in [0.1, 0.15) is 11.1 Å². The number of carbonyl (C=O) groups excluding carboxylic acids is 2. The maximum atomic E-state index is 13.0. The predicted molar refractivity (Wildman–Crippen MR) is 51.8 cm³/mol. The van der Waals surface area contributed by atoms with Crippen molar-refractivity contribution in [3.05, 3.63) is 35.1 Å². The summed E-state index contributed by atoms with van der Waals surface area (Å²) in [4.78, 5) is 22.0. The average Bonchev–Trinajstić information content (AvgIpc) is 2.26. The zero-order valence-electron chi connectivity index (χ0n) is 8.49. The Kier molecular flexibility index (Phi) is 3.72. The van der Waals surface area contributed by atoms with E-state index in [1.54, 1.807) is 6.07 Å². The second-order valence-electron chi connectivity index (χ2n) is 3.05. The smallest absolute Gasteiger partial charge is 0.374 e. The summed E-state index contributed by atoms with van der Waals surface area (Å²) in [6, 6.07) is 5.25. The lowest BCUT2D eigenvalue weighted by molar-refractivity contribution is -0.151. The van der Waals surface area contributed by atoms with Gasteiger partial charge in [0.1, 0.15) is 5.82 Å². The van der Waals surface area contributed by atoms with Crippen LogP contribution in [0.2, 0.25) is 0 Å². The van der Waals surface area contributed by atoms with Crippen molar-refractivity contribution in [3.63, 3.8) is 0 Å². The van der Waals surface area contributed by atoms with E-state index in [0.717, 1.165) is 19.2 Å². The largest absolute Gasteiger partial charge is 0.463 e. The van der Waals surface area contributed by atoms with Crippen LogP contribution in [0.3, 0.4) is 0 Å². The topological polar surface area (TPSA) is 67.2 Å². The molecule has 1 aromatic rings. The second-order valence-corrected chi connectivity index (χ2v) is 3.05. The summed E-state index contributed by atoms with van der Waals surface area (Å²) in [5.74, 6) is -2.38. The quantitative estimate of drug-likeness (QED) is 0.563. The molecule has 1 rings (SSSR count). The molecule has 0 aliphatic carbocycles. The number of ether oxygens (including phenoxy) is 1. The molecule has 5 heteroatoms. The Morgan fingerprint density at radius 2 is 2.12 bits per heavy atom. The minimum Gasteiger partial charge on any atom is -0.463 e. The Bertz CT molecular complexity index is 477. The number of hydrogen-bond acceptors (Lipinski definition) is 4. The van der Waals surface area contributed by atoms with Crippen LogP contribution in [0.5, 0.6) is 0 Å². The van der Waals surface area contributed by atoms with E-state index in [0.29, 0.717) is 0 Å². The van der Waals surface area contributed by atoms with Crippen LogP contribution < -0.4 is 0 Å². The predicted octanol–water partition coefficient (Wildman–Crippen LogP) is 0.982. The number of rotatable bonds is 3. The molecule has 4 nitrogen and oxygen atoms in total. The fourth-order valence-corrected chi connectivity index (χ4v) is 1.19. The average molecular weight is 221 g/mol. The van der Waals surface area contributed by atoms with Crippen molar-refractivity contribution in [2.24, 2.45) is 0 Å². The maximum absolute atomic E-state index is 13.0. The van der Waals surface area contributed by atoms with Crippen LogP contribution in [0.4, 0.5) is 4.39 Å². The highest BCUT2D eigenvalue weighted by Gasteiger charge is 2.15. The first kappa shape index (κ1) is 11.9. The van der Waals surface area contributed by atoms with Gasteiger partial charge in [0.05, 0.1) is 18.7 Å². The number of benzene rings is 1. The summed E-state index contributed by atoms with van der Waals surface area (Å²) in [5, 5.41) is 8.58. The van der Waals surface area contributed by atoms with Gasteiger partial charge in [-0.2, -0.15) is 5.26 Å². The van der Waals surface area contributed by atoms with Gasteiger partial charge in [-0.25, -0.2) is 9.18 Å². The zero-order chi connectivity index (χ0) is 12.1. The van der Waals surface area contributed by atoms with Gasteiger partial charge in [0.2, 0.25) is 5.78 Å². The number of carbonyl (C=O) groups is 2. The Labute approximate surface area is 91.3 Å². The first-order valence-electron chi connectivity index (χ1n) is 4.37. The molecular weight excluding hydrogens is 213 g/mol. The molecule has 0 aromatic heterocycles. The van der Waals surface area contributed by atoms with Crippen LogP contribution >= 0.6 is 0 Å². The molecule has 0 saturated carbocycles. The maximum Gasteiger partial charge on any atom is 0.374 e. The number of hydrogen-bond donors (Lipinski definition) is 0. The first-order valence-corrected chi connectivity index (χ1v) is 4.37. The standard InChI is InChI=1S/C11H8FNO3/c1-16-11(15)10(14)5-7-2-8(6-13)4-9(12)3-7/h2-4H,5H2,1H3. The van der Waals surface area contributed by atoms with E-state index >= 15 is 0 Å². The van der Waals surface area contributed by atoms with Gasteiger partial charge < -0.3 is 4.74 Å². The number of Topliss-reactive ketones (excluding diaryl/α,β-unsaturated/α-hetero) is 1. The number of nitriles is 1. The molecule has 0 saturated heterocycles. The lowest BCUT2D eigenvalue weighted by Crippen LogP contribution is -2.17. The molecule has 0 N–H and O–H groups in total. The molecule has 0 fully saturated rings. The van der Waals surface area contributed by atoms with Crippen molar-refractivity contribution in [1.29, 1.82) is 5.26 Å². The van der Waals surface area contributed by atoms with Gasteiger partial charge in [-0.1, -0.05) is 0 Å². The van der Waals surface area contributed by atoms with E-state index in [4.69, 9.17) is 5.26 Å². The molecule has 0 aliphatic heterocycles. The van der Waals surface area contributed by atoms with E-state index in [2.05, 4.69) is 4.74 Å². The monoisotopic (exact) mass is 221 g/mol. The Hall–Kier alpha value is -2.22. The van der Waals surface area contributed by atoms with E-state index < -0.39 is 17.6 Å². The van der Waals surface area contributed by atoms with Crippen LogP contribution in [0.25, 0.3) is 0 Å². The van der Waals surface area contributed by atoms with E-state index in [-0.39, 0.29) is 17.5 Å². The number of methoxy groups -OCH3 is 1. The van der Waals surface area contributed by atoms with Crippen molar-refractivity contribution in [2.45, 2.75) is 6.42 Å². The summed E-state index contributed by atoms with van der Waals surface area (Å²) >= 11 is 0.